The SMILES string of the molecule is CCN1CCOC[C@@]2(CCCN(C(=O)c3ccoc3C)C2)C1. The molecule has 5 nitrogen and oxygen atoms in total. The van der Waals surface area contributed by atoms with E-state index in [1.165, 1.54) is 0 Å². The molecule has 1 spiro atoms. The van der Waals surface area contributed by atoms with Gasteiger partial charge in [-0.3, -0.25) is 4.79 Å². The Morgan fingerprint density at radius 2 is 2.23 bits per heavy atom. The summed E-state index contributed by atoms with van der Waals surface area (Å²) in [5.74, 6) is 0.801. The van der Waals surface area contributed by atoms with E-state index >= 15 is 0 Å². The minimum atomic E-state index is 0.0814. The Morgan fingerprint density at radius 3 is 2.95 bits per heavy atom. The van der Waals surface area contributed by atoms with Gasteiger partial charge >= 0.3 is 0 Å². The van der Waals surface area contributed by atoms with E-state index < -0.39 is 0 Å². The van der Waals surface area contributed by atoms with Crippen LogP contribution in [0.15, 0.2) is 16.7 Å². The first-order valence-electron chi connectivity index (χ1n) is 8.27. The topological polar surface area (TPSA) is 45.9 Å². The number of amides is 1. The van der Waals surface area contributed by atoms with Crippen molar-refractivity contribution in [3.63, 3.8) is 0 Å². The summed E-state index contributed by atoms with van der Waals surface area (Å²) in [6.07, 6.45) is 3.77. The molecule has 0 aromatic carbocycles. The number of ether oxygens (including phenoxy) is 1. The second-order valence-electron chi connectivity index (χ2n) is 6.64. The third kappa shape index (κ3) is 3.06. The Kier molecular flexibility index (Phi) is 4.54. The molecular formula is C17H26N2O3. The van der Waals surface area contributed by atoms with Gasteiger partial charge in [0.1, 0.15) is 5.76 Å². The number of nitrogens with zero attached hydrogens (tertiary/aromatic N) is 2. The van der Waals surface area contributed by atoms with Gasteiger partial charge in [0.05, 0.1) is 25.0 Å². The van der Waals surface area contributed by atoms with Crippen LogP contribution in [-0.4, -0.2) is 61.6 Å². The quantitative estimate of drug-likeness (QED) is 0.840. The van der Waals surface area contributed by atoms with Crippen molar-refractivity contribution in [1.29, 1.82) is 0 Å². The molecule has 1 aromatic heterocycles. The van der Waals surface area contributed by atoms with Crippen molar-refractivity contribution in [3.8, 4) is 0 Å². The van der Waals surface area contributed by atoms with E-state index in [1.807, 2.05) is 11.8 Å². The number of piperidine rings is 1. The molecule has 5 heteroatoms. The number of likely N-dealkylation sites (N-methyl/N-ethyl adjacent to an activating group) is 1. The van der Waals surface area contributed by atoms with E-state index in [0.717, 1.165) is 58.8 Å². The van der Waals surface area contributed by atoms with Crippen molar-refractivity contribution in [3.05, 3.63) is 23.7 Å². The highest BCUT2D eigenvalue weighted by Gasteiger charge is 2.40. The highest BCUT2D eigenvalue weighted by Crippen LogP contribution is 2.33. The third-order valence-electron chi connectivity index (χ3n) is 5.00. The summed E-state index contributed by atoms with van der Waals surface area (Å²) in [5.41, 5.74) is 0.775. The van der Waals surface area contributed by atoms with Crippen LogP contribution in [-0.2, 0) is 4.74 Å². The fourth-order valence-corrected chi connectivity index (χ4v) is 3.76. The maximum atomic E-state index is 12.8. The van der Waals surface area contributed by atoms with Crippen molar-refractivity contribution >= 4 is 5.91 Å². The Bertz CT molecular complexity index is 528. The lowest BCUT2D eigenvalue weighted by atomic mass is 9.80. The summed E-state index contributed by atoms with van der Waals surface area (Å²) in [7, 11) is 0. The zero-order valence-electron chi connectivity index (χ0n) is 13.6. The zero-order valence-corrected chi connectivity index (χ0v) is 13.6. The third-order valence-corrected chi connectivity index (χ3v) is 5.00. The van der Waals surface area contributed by atoms with Gasteiger partial charge < -0.3 is 19.0 Å². The number of rotatable bonds is 2. The molecule has 2 aliphatic heterocycles. The summed E-state index contributed by atoms with van der Waals surface area (Å²) in [5, 5.41) is 0. The largest absolute Gasteiger partial charge is 0.469 e. The lowest BCUT2D eigenvalue weighted by Crippen LogP contribution is -2.52. The molecule has 0 N–H and O–H groups in total. The highest BCUT2D eigenvalue weighted by molar-refractivity contribution is 5.95. The van der Waals surface area contributed by atoms with Gasteiger partial charge in [-0.05, 0) is 32.4 Å². The first-order valence-corrected chi connectivity index (χ1v) is 8.27. The van der Waals surface area contributed by atoms with E-state index in [9.17, 15) is 4.79 Å². The highest BCUT2D eigenvalue weighted by atomic mass is 16.5. The molecule has 2 saturated heterocycles. The molecule has 22 heavy (non-hydrogen) atoms. The molecule has 0 aliphatic carbocycles. The molecule has 0 saturated carbocycles. The van der Waals surface area contributed by atoms with E-state index in [0.29, 0.717) is 11.3 Å². The van der Waals surface area contributed by atoms with Crippen LogP contribution in [0, 0.1) is 12.3 Å². The van der Waals surface area contributed by atoms with Crippen molar-refractivity contribution in [1.82, 2.24) is 9.80 Å². The summed E-state index contributed by atoms with van der Waals surface area (Å²) < 4.78 is 11.2. The van der Waals surface area contributed by atoms with E-state index in [2.05, 4.69) is 11.8 Å². The Hall–Kier alpha value is -1.33. The van der Waals surface area contributed by atoms with E-state index in [-0.39, 0.29) is 11.3 Å². The minimum Gasteiger partial charge on any atom is -0.469 e. The zero-order chi connectivity index (χ0) is 15.6. The van der Waals surface area contributed by atoms with Crippen molar-refractivity contribution in [2.24, 2.45) is 5.41 Å². The van der Waals surface area contributed by atoms with Crippen LogP contribution in [0.4, 0.5) is 0 Å². The van der Waals surface area contributed by atoms with Gasteiger partial charge in [-0.15, -0.1) is 0 Å². The van der Waals surface area contributed by atoms with Crippen LogP contribution in [0.25, 0.3) is 0 Å². The van der Waals surface area contributed by atoms with Crippen LogP contribution in [0.1, 0.15) is 35.9 Å². The predicted octanol–water partition coefficient (Wildman–Crippen LogP) is 2.16. The molecule has 1 atom stereocenters. The fraction of sp³-hybridized carbons (Fsp3) is 0.706. The van der Waals surface area contributed by atoms with E-state index in [4.69, 9.17) is 9.15 Å². The molecule has 1 amide bonds. The maximum absolute atomic E-state index is 12.8. The molecular weight excluding hydrogens is 280 g/mol. The Balaban J connectivity index is 1.75. The first kappa shape index (κ1) is 15.6. The van der Waals surface area contributed by atoms with Gasteiger partial charge in [0.15, 0.2) is 0 Å². The monoisotopic (exact) mass is 306 g/mol. The molecule has 2 aliphatic rings. The maximum Gasteiger partial charge on any atom is 0.257 e. The minimum absolute atomic E-state index is 0.0814. The number of carbonyl (C=O) groups is 1. The van der Waals surface area contributed by atoms with Crippen LogP contribution in [0.2, 0.25) is 0 Å². The second-order valence-corrected chi connectivity index (χ2v) is 6.64. The number of hydrogen-bond acceptors (Lipinski definition) is 4. The smallest absolute Gasteiger partial charge is 0.257 e. The van der Waals surface area contributed by atoms with Crippen molar-refractivity contribution in [2.45, 2.75) is 26.7 Å². The lowest BCUT2D eigenvalue weighted by molar-refractivity contribution is 0.00760. The molecule has 2 fully saturated rings. The summed E-state index contributed by atoms with van der Waals surface area (Å²) in [6.45, 7) is 10.3. The number of aryl methyl sites for hydroxylation is 1. The van der Waals surface area contributed by atoms with Crippen molar-refractivity contribution in [2.75, 3.05) is 45.9 Å². The first-order chi connectivity index (χ1) is 10.6. The second kappa shape index (κ2) is 6.42. The van der Waals surface area contributed by atoms with Gasteiger partial charge in [0, 0.05) is 31.6 Å². The number of carbonyl (C=O) groups excluding carboxylic acids is 1. The molecule has 3 rings (SSSR count). The Labute approximate surface area is 132 Å². The standard InChI is InChI=1S/C17H26N2O3/c1-3-18-8-10-21-13-17(11-18)6-4-7-19(12-17)16(20)15-5-9-22-14(15)2/h5,9H,3-4,6-8,10-13H2,1-2H3/t17-/m0/s1. The number of furan rings is 1. The van der Waals surface area contributed by atoms with Crippen LogP contribution < -0.4 is 0 Å². The fourth-order valence-electron chi connectivity index (χ4n) is 3.76. The van der Waals surface area contributed by atoms with E-state index in [1.54, 1.807) is 12.3 Å². The van der Waals surface area contributed by atoms with Crippen LogP contribution >= 0.6 is 0 Å². The molecule has 3 heterocycles. The van der Waals surface area contributed by atoms with Gasteiger partial charge in [-0.2, -0.15) is 0 Å². The van der Waals surface area contributed by atoms with Crippen molar-refractivity contribution < 1.29 is 13.9 Å². The average molecular weight is 306 g/mol. The molecule has 0 bridgehead atoms. The lowest BCUT2D eigenvalue weighted by Gasteiger charge is -2.43. The Morgan fingerprint density at radius 1 is 1.36 bits per heavy atom. The normalized spacial score (nSPS) is 27.1. The number of hydrogen-bond donors (Lipinski definition) is 0. The average Bonchev–Trinajstić information content (AvgIpc) is 2.86. The summed E-state index contributed by atoms with van der Waals surface area (Å²) in [4.78, 5) is 17.2. The van der Waals surface area contributed by atoms with Gasteiger partial charge in [0.25, 0.3) is 5.91 Å². The molecule has 1 aromatic rings. The predicted molar refractivity (Wildman–Crippen MR) is 83.9 cm³/mol. The van der Waals surface area contributed by atoms with Crippen LogP contribution in [0.3, 0.4) is 0 Å². The molecule has 0 radical (unpaired) electrons. The summed E-state index contributed by atoms with van der Waals surface area (Å²) >= 11 is 0. The molecule has 122 valence electrons. The summed E-state index contributed by atoms with van der Waals surface area (Å²) in [6, 6.07) is 1.78. The molecule has 0 unspecified atom stereocenters. The van der Waals surface area contributed by atoms with Gasteiger partial charge in [-0.1, -0.05) is 6.92 Å². The number of likely N-dealkylation sites (tertiary alicyclic amines) is 1. The van der Waals surface area contributed by atoms with Gasteiger partial charge in [-0.25, -0.2) is 0 Å². The van der Waals surface area contributed by atoms with Gasteiger partial charge in [0.2, 0.25) is 0 Å². The van der Waals surface area contributed by atoms with Crippen LogP contribution in [0.5, 0.6) is 0 Å².